The van der Waals surface area contributed by atoms with Gasteiger partial charge < -0.3 is 5.73 Å². The van der Waals surface area contributed by atoms with Gasteiger partial charge in [-0.3, -0.25) is 9.59 Å². The van der Waals surface area contributed by atoms with E-state index >= 15 is 0 Å². The van der Waals surface area contributed by atoms with Crippen LogP contribution in [0, 0.1) is 6.92 Å². The minimum Gasteiger partial charge on any atom is -0.369 e. The number of aromatic nitrogens is 3. The van der Waals surface area contributed by atoms with E-state index in [1.54, 1.807) is 31.2 Å². The molecule has 2 N–H and O–H groups in total. The molecule has 2 heterocycles. The number of benzene rings is 1. The molecule has 0 fully saturated rings. The Morgan fingerprint density at radius 1 is 1.17 bits per heavy atom. The van der Waals surface area contributed by atoms with E-state index in [0.29, 0.717) is 21.9 Å². The first-order valence-electron chi connectivity index (χ1n) is 7.39. The minimum atomic E-state index is -0.519. The Morgan fingerprint density at radius 2 is 1.92 bits per heavy atom. The summed E-state index contributed by atoms with van der Waals surface area (Å²) in [6.07, 6.45) is 0. The number of carbonyl (C=O) groups excluding carboxylic acids is 1. The van der Waals surface area contributed by atoms with Crippen LogP contribution in [0.2, 0.25) is 0 Å². The average molecular weight is 340 g/mol. The molecular formula is C17H16N4O2S. The van der Waals surface area contributed by atoms with Crippen molar-refractivity contribution in [2.75, 3.05) is 0 Å². The third-order valence-corrected chi connectivity index (χ3v) is 4.60. The smallest absolute Gasteiger partial charge is 0.267 e. The predicted molar refractivity (Wildman–Crippen MR) is 94.4 cm³/mol. The van der Waals surface area contributed by atoms with Crippen LogP contribution in [-0.2, 0) is 4.79 Å². The van der Waals surface area contributed by atoms with Gasteiger partial charge in [0.1, 0.15) is 5.82 Å². The Hall–Kier alpha value is -2.67. The highest BCUT2D eigenvalue weighted by Gasteiger charge is 2.19. The molecule has 0 radical (unpaired) electrons. The largest absolute Gasteiger partial charge is 0.369 e. The number of fused-ring (bicyclic) bond motifs is 1. The molecule has 0 saturated heterocycles. The van der Waals surface area contributed by atoms with Gasteiger partial charge in [0.15, 0.2) is 5.16 Å². The van der Waals surface area contributed by atoms with Crippen molar-refractivity contribution in [2.45, 2.75) is 24.3 Å². The molecule has 7 heteroatoms. The fourth-order valence-corrected chi connectivity index (χ4v) is 3.13. The van der Waals surface area contributed by atoms with Crippen LogP contribution in [0.4, 0.5) is 0 Å². The number of nitrogens with zero attached hydrogens (tertiary/aromatic N) is 3. The van der Waals surface area contributed by atoms with Crippen LogP contribution in [0.15, 0.2) is 52.4 Å². The van der Waals surface area contributed by atoms with E-state index in [2.05, 4.69) is 9.97 Å². The molecule has 122 valence electrons. The van der Waals surface area contributed by atoms with Crippen molar-refractivity contribution in [3.63, 3.8) is 0 Å². The van der Waals surface area contributed by atoms with Crippen molar-refractivity contribution in [1.29, 1.82) is 0 Å². The first-order chi connectivity index (χ1) is 11.5. The molecule has 2 aromatic heterocycles. The number of rotatable bonds is 4. The molecule has 1 atom stereocenters. The van der Waals surface area contributed by atoms with Crippen molar-refractivity contribution < 1.29 is 4.79 Å². The van der Waals surface area contributed by atoms with Gasteiger partial charge >= 0.3 is 0 Å². The van der Waals surface area contributed by atoms with Gasteiger partial charge in [0, 0.05) is 5.69 Å². The number of primary amides is 1. The second-order valence-corrected chi connectivity index (χ2v) is 6.66. The van der Waals surface area contributed by atoms with Gasteiger partial charge in [-0.2, -0.15) is 0 Å². The van der Waals surface area contributed by atoms with Crippen LogP contribution in [0.5, 0.6) is 0 Å². The van der Waals surface area contributed by atoms with Crippen LogP contribution < -0.4 is 11.3 Å². The monoisotopic (exact) mass is 340 g/mol. The number of pyridine rings is 1. The van der Waals surface area contributed by atoms with Gasteiger partial charge in [0.25, 0.3) is 5.56 Å². The van der Waals surface area contributed by atoms with Gasteiger partial charge in [-0.1, -0.05) is 30.0 Å². The number of nitrogens with two attached hydrogens (primary N) is 1. The van der Waals surface area contributed by atoms with E-state index in [-0.39, 0.29) is 5.56 Å². The molecule has 0 aliphatic rings. The SMILES string of the molecule is Cc1cccc(-n2c(S[C@H](C)C(N)=O)nc3ccccc3c2=O)n1. The van der Waals surface area contributed by atoms with Crippen molar-refractivity contribution in [3.05, 3.63) is 58.5 Å². The van der Waals surface area contributed by atoms with Crippen molar-refractivity contribution in [2.24, 2.45) is 5.73 Å². The summed E-state index contributed by atoms with van der Waals surface area (Å²) < 4.78 is 1.43. The van der Waals surface area contributed by atoms with E-state index in [1.807, 2.05) is 25.1 Å². The summed E-state index contributed by atoms with van der Waals surface area (Å²) in [5, 5.41) is 0.370. The molecule has 0 aliphatic heterocycles. The molecule has 0 aliphatic carbocycles. The molecule has 1 amide bonds. The van der Waals surface area contributed by atoms with E-state index < -0.39 is 11.2 Å². The highest BCUT2D eigenvalue weighted by Crippen LogP contribution is 2.24. The van der Waals surface area contributed by atoms with E-state index in [4.69, 9.17) is 5.73 Å². The molecule has 1 aromatic carbocycles. The Balaban J connectivity index is 2.29. The maximum atomic E-state index is 13.0. The van der Waals surface area contributed by atoms with Crippen LogP contribution in [0.3, 0.4) is 0 Å². The van der Waals surface area contributed by atoms with Crippen LogP contribution >= 0.6 is 11.8 Å². The lowest BCUT2D eigenvalue weighted by atomic mass is 10.2. The molecule has 0 saturated carbocycles. The summed E-state index contributed by atoms with van der Waals surface area (Å²) >= 11 is 1.15. The first-order valence-corrected chi connectivity index (χ1v) is 8.27. The standard InChI is InChI=1S/C17H16N4O2S/c1-10-6-5-9-14(19-10)21-16(23)12-7-3-4-8-13(12)20-17(21)24-11(2)15(18)22/h3-9,11H,1-2H3,(H2,18,22)/t11-/m1/s1. The third kappa shape index (κ3) is 3.03. The van der Waals surface area contributed by atoms with Crippen molar-refractivity contribution in [1.82, 2.24) is 14.5 Å². The topological polar surface area (TPSA) is 90.9 Å². The molecule has 3 rings (SSSR count). The molecule has 24 heavy (non-hydrogen) atoms. The number of hydrogen-bond acceptors (Lipinski definition) is 5. The fourth-order valence-electron chi connectivity index (χ4n) is 2.26. The zero-order chi connectivity index (χ0) is 17.3. The summed E-state index contributed by atoms with van der Waals surface area (Å²) in [4.78, 5) is 33.4. The van der Waals surface area contributed by atoms with Crippen LogP contribution in [-0.4, -0.2) is 25.7 Å². The number of aryl methyl sites for hydroxylation is 1. The Morgan fingerprint density at radius 3 is 2.62 bits per heavy atom. The van der Waals surface area contributed by atoms with Gasteiger partial charge in [-0.25, -0.2) is 14.5 Å². The van der Waals surface area contributed by atoms with Crippen LogP contribution in [0.1, 0.15) is 12.6 Å². The maximum absolute atomic E-state index is 13.0. The minimum absolute atomic E-state index is 0.224. The Kier molecular flexibility index (Phi) is 4.35. The quantitative estimate of drug-likeness (QED) is 0.580. The number of thioether (sulfide) groups is 1. The molecule has 0 spiro atoms. The lowest BCUT2D eigenvalue weighted by molar-refractivity contribution is -0.117. The van der Waals surface area contributed by atoms with E-state index in [1.165, 1.54) is 4.57 Å². The molecule has 0 bridgehead atoms. The van der Waals surface area contributed by atoms with Crippen molar-refractivity contribution >= 4 is 28.6 Å². The van der Waals surface area contributed by atoms with Gasteiger partial charge in [-0.15, -0.1) is 0 Å². The molecular weight excluding hydrogens is 324 g/mol. The second kappa shape index (κ2) is 6.45. The number of hydrogen-bond donors (Lipinski definition) is 1. The summed E-state index contributed by atoms with van der Waals surface area (Å²) in [5.41, 5.74) is 6.49. The fraction of sp³-hybridized carbons (Fsp3) is 0.176. The molecule has 3 aromatic rings. The zero-order valence-corrected chi connectivity index (χ0v) is 14.1. The van der Waals surface area contributed by atoms with E-state index in [0.717, 1.165) is 17.5 Å². The highest BCUT2D eigenvalue weighted by molar-refractivity contribution is 8.00. The summed E-state index contributed by atoms with van der Waals surface area (Å²) in [7, 11) is 0. The van der Waals surface area contributed by atoms with Crippen molar-refractivity contribution in [3.8, 4) is 5.82 Å². The summed E-state index contributed by atoms with van der Waals surface area (Å²) in [6.45, 7) is 3.53. The first kappa shape index (κ1) is 16.2. The van der Waals surface area contributed by atoms with Gasteiger partial charge in [-0.05, 0) is 38.1 Å². The van der Waals surface area contributed by atoms with Gasteiger partial charge in [0.05, 0.1) is 16.2 Å². The number of amides is 1. The molecule has 6 nitrogen and oxygen atoms in total. The average Bonchev–Trinajstić information content (AvgIpc) is 2.55. The zero-order valence-electron chi connectivity index (χ0n) is 13.3. The maximum Gasteiger partial charge on any atom is 0.267 e. The number of para-hydroxylation sites is 1. The Labute approximate surface area is 142 Å². The third-order valence-electron chi connectivity index (χ3n) is 3.53. The second-order valence-electron chi connectivity index (χ2n) is 5.35. The Bertz CT molecular complexity index is 984. The summed E-state index contributed by atoms with van der Waals surface area (Å²) in [6, 6.07) is 12.5. The van der Waals surface area contributed by atoms with Gasteiger partial charge in [0.2, 0.25) is 5.91 Å². The number of carbonyl (C=O) groups is 1. The lowest BCUT2D eigenvalue weighted by Crippen LogP contribution is -2.27. The predicted octanol–water partition coefficient (Wildman–Crippen LogP) is 2.06. The van der Waals surface area contributed by atoms with E-state index in [9.17, 15) is 9.59 Å². The van der Waals surface area contributed by atoms with Crippen LogP contribution in [0.25, 0.3) is 16.7 Å². The molecule has 0 unspecified atom stereocenters. The lowest BCUT2D eigenvalue weighted by Gasteiger charge is -2.14. The normalized spacial score (nSPS) is 12.2. The summed E-state index contributed by atoms with van der Waals surface area (Å²) in [5.74, 6) is 0.00332. The highest BCUT2D eigenvalue weighted by atomic mass is 32.2.